The van der Waals surface area contributed by atoms with Crippen LogP contribution in [0.4, 0.5) is 17.1 Å². The molecule has 2 aromatic carbocycles. The molecule has 4 atom stereocenters. The van der Waals surface area contributed by atoms with Gasteiger partial charge < -0.3 is 10.5 Å². The van der Waals surface area contributed by atoms with Crippen molar-refractivity contribution >= 4 is 28.9 Å². The fourth-order valence-electron chi connectivity index (χ4n) is 4.79. The van der Waals surface area contributed by atoms with Gasteiger partial charge in [0, 0.05) is 17.8 Å². The Hall–Kier alpha value is -4.08. The summed E-state index contributed by atoms with van der Waals surface area (Å²) in [6, 6.07) is 12.9. The number of nitro benzene ring substituents is 1. The van der Waals surface area contributed by atoms with Gasteiger partial charge in [-0.05, 0) is 57.9 Å². The lowest BCUT2D eigenvalue weighted by Gasteiger charge is -2.40. The monoisotopic (exact) mass is 516 g/mol. The number of imide groups is 1. The van der Waals surface area contributed by atoms with Gasteiger partial charge in [-0.1, -0.05) is 53.6 Å². The second kappa shape index (κ2) is 11.5. The third-order valence-corrected chi connectivity index (χ3v) is 6.70. The number of hydrazine groups is 1. The Morgan fingerprint density at radius 1 is 1.05 bits per heavy atom. The molecule has 0 aliphatic carbocycles. The zero-order valence-electron chi connectivity index (χ0n) is 21.7. The lowest BCUT2D eigenvalue weighted by Crippen LogP contribution is -2.57. The second-order valence-electron chi connectivity index (χ2n) is 9.84. The molecule has 2 heterocycles. The number of benzene rings is 2. The average molecular weight is 517 g/mol. The van der Waals surface area contributed by atoms with Crippen LogP contribution in [0.2, 0.25) is 0 Å². The minimum atomic E-state index is -0.974. The van der Waals surface area contributed by atoms with Gasteiger partial charge in [0.05, 0.1) is 28.7 Å². The molecule has 0 bridgehead atoms. The van der Waals surface area contributed by atoms with Crippen molar-refractivity contribution in [1.29, 1.82) is 0 Å². The quantitative estimate of drug-likeness (QED) is 0.213. The van der Waals surface area contributed by atoms with Crippen LogP contribution < -0.4 is 10.3 Å². The van der Waals surface area contributed by atoms with Gasteiger partial charge in [0.25, 0.3) is 11.6 Å². The summed E-state index contributed by atoms with van der Waals surface area (Å²) in [4.78, 5) is 38.8. The van der Waals surface area contributed by atoms with Crippen LogP contribution in [0, 0.1) is 16.0 Å². The van der Waals surface area contributed by atoms with E-state index in [2.05, 4.69) is 11.5 Å². The molecule has 0 spiro atoms. The van der Waals surface area contributed by atoms with E-state index in [1.54, 1.807) is 47.5 Å². The number of nitrogens with zero attached hydrogens (tertiary/aromatic N) is 3. The number of para-hydroxylation sites is 1. The molecular weight excluding hydrogens is 484 g/mol. The third kappa shape index (κ3) is 5.74. The van der Waals surface area contributed by atoms with E-state index in [9.17, 15) is 24.8 Å². The lowest BCUT2D eigenvalue weighted by atomic mass is 9.92. The number of fused-ring (bicyclic) bond motifs is 1. The Morgan fingerprint density at radius 2 is 1.74 bits per heavy atom. The molecule has 0 saturated carbocycles. The number of nitrogens with one attached hydrogen (secondary N) is 1. The molecule has 0 aromatic heterocycles. The van der Waals surface area contributed by atoms with Crippen molar-refractivity contribution in [2.45, 2.75) is 51.8 Å². The molecule has 198 valence electrons. The second-order valence-corrected chi connectivity index (χ2v) is 9.84. The molecule has 2 aliphatic heterocycles. The van der Waals surface area contributed by atoms with Crippen LogP contribution in [0.5, 0.6) is 0 Å². The smallest absolute Gasteiger partial charge is 0.269 e. The lowest BCUT2D eigenvalue weighted by molar-refractivity contribution is -0.384. The number of non-ortho nitro benzene ring substituents is 1. The van der Waals surface area contributed by atoms with Crippen molar-refractivity contribution in [3.63, 3.8) is 0 Å². The number of amides is 2. The molecule has 38 heavy (non-hydrogen) atoms. The average Bonchev–Trinajstić information content (AvgIpc) is 3.14. The molecule has 2 amide bonds. The van der Waals surface area contributed by atoms with E-state index in [-0.39, 0.29) is 11.6 Å². The van der Waals surface area contributed by atoms with Crippen LogP contribution in [0.3, 0.4) is 0 Å². The van der Waals surface area contributed by atoms with E-state index in [1.807, 2.05) is 26.8 Å². The van der Waals surface area contributed by atoms with Crippen molar-refractivity contribution in [1.82, 2.24) is 5.01 Å². The van der Waals surface area contributed by atoms with Crippen LogP contribution in [-0.2, 0) is 9.59 Å². The molecular formula is C29H32N4O5. The number of rotatable bonds is 9. The maximum absolute atomic E-state index is 13.7. The molecule has 2 aromatic rings. The number of carbonyl (C=O) groups is 2. The Labute approximate surface area is 221 Å². The van der Waals surface area contributed by atoms with Crippen LogP contribution >= 0.6 is 0 Å². The fourth-order valence-corrected chi connectivity index (χ4v) is 4.79. The van der Waals surface area contributed by atoms with E-state index in [0.29, 0.717) is 11.4 Å². The molecule has 2 N–H and O–H groups in total. The first-order chi connectivity index (χ1) is 18.2. The van der Waals surface area contributed by atoms with Crippen molar-refractivity contribution < 1.29 is 19.6 Å². The summed E-state index contributed by atoms with van der Waals surface area (Å²) in [6.07, 6.45) is 8.00. The van der Waals surface area contributed by atoms with E-state index >= 15 is 0 Å². The zero-order valence-corrected chi connectivity index (χ0v) is 21.7. The summed E-state index contributed by atoms with van der Waals surface area (Å²) in [5, 5.41) is 23.9. The van der Waals surface area contributed by atoms with E-state index < -0.39 is 34.9 Å². The summed E-state index contributed by atoms with van der Waals surface area (Å²) in [7, 11) is 0. The van der Waals surface area contributed by atoms with E-state index in [4.69, 9.17) is 0 Å². The third-order valence-electron chi connectivity index (χ3n) is 6.70. The predicted octanol–water partition coefficient (Wildman–Crippen LogP) is 4.77. The van der Waals surface area contributed by atoms with Crippen LogP contribution in [0.1, 0.15) is 33.6 Å². The number of allylic oxidation sites excluding steroid dienone is 3. The Morgan fingerprint density at radius 3 is 2.37 bits per heavy atom. The SMILES string of the molecule is CC(C)=CCCC(C)=CC(O)C1C=CC2C(=O)N(c3ccccc3)C(=O)C2N1Nc1ccc([N+](=O)[O-])cc1. The number of carbonyl (C=O) groups excluding carboxylic acids is 2. The van der Waals surface area contributed by atoms with Crippen molar-refractivity contribution in [3.05, 3.63) is 100 Å². The highest BCUT2D eigenvalue weighted by molar-refractivity contribution is 6.24. The molecule has 2 aliphatic rings. The predicted molar refractivity (Wildman–Crippen MR) is 146 cm³/mol. The molecule has 4 unspecified atom stereocenters. The highest BCUT2D eigenvalue weighted by Crippen LogP contribution is 2.36. The van der Waals surface area contributed by atoms with Gasteiger partial charge in [0.2, 0.25) is 5.91 Å². The molecule has 4 rings (SSSR count). The molecule has 9 nitrogen and oxygen atoms in total. The molecule has 1 saturated heterocycles. The van der Waals surface area contributed by atoms with E-state index in [0.717, 1.165) is 18.4 Å². The maximum Gasteiger partial charge on any atom is 0.269 e. The number of aliphatic hydroxyl groups excluding tert-OH is 1. The highest BCUT2D eigenvalue weighted by Gasteiger charge is 2.53. The summed E-state index contributed by atoms with van der Waals surface area (Å²) >= 11 is 0. The van der Waals surface area contributed by atoms with E-state index in [1.165, 1.54) is 34.7 Å². The highest BCUT2D eigenvalue weighted by atomic mass is 16.6. The number of anilines is 2. The van der Waals surface area contributed by atoms with Gasteiger partial charge >= 0.3 is 0 Å². The van der Waals surface area contributed by atoms with Crippen molar-refractivity contribution in [2.75, 3.05) is 10.3 Å². The van der Waals surface area contributed by atoms with Crippen LogP contribution in [-0.4, -0.2) is 45.0 Å². The number of nitro groups is 1. The maximum atomic E-state index is 13.7. The van der Waals surface area contributed by atoms with Crippen LogP contribution in [0.15, 0.2) is 90.0 Å². The normalized spacial score (nSPS) is 22.3. The van der Waals surface area contributed by atoms with Gasteiger partial charge in [-0.3, -0.25) is 19.7 Å². The fraction of sp³-hybridized carbons (Fsp3) is 0.310. The van der Waals surface area contributed by atoms with Gasteiger partial charge in [-0.25, -0.2) is 9.91 Å². The van der Waals surface area contributed by atoms with Crippen molar-refractivity contribution in [2.24, 2.45) is 5.92 Å². The molecule has 0 radical (unpaired) electrons. The Kier molecular flexibility index (Phi) is 8.19. The van der Waals surface area contributed by atoms with Crippen LogP contribution in [0.25, 0.3) is 0 Å². The Balaban J connectivity index is 1.66. The summed E-state index contributed by atoms with van der Waals surface area (Å²) in [5.41, 5.74) is 6.29. The van der Waals surface area contributed by atoms with Gasteiger partial charge in [-0.2, -0.15) is 0 Å². The van der Waals surface area contributed by atoms with Gasteiger partial charge in [0.15, 0.2) is 0 Å². The standard InChI is InChI=1S/C29H32N4O5/c1-19(2)8-7-9-20(3)18-26(34)25-17-16-24-27(29(36)31(28(24)35)22-10-5-4-6-11-22)32(25)30-21-12-14-23(15-13-21)33(37)38/h4-6,8,10-18,24-27,30,34H,7,9H2,1-3H3. The van der Waals surface area contributed by atoms with Gasteiger partial charge in [-0.15, -0.1) is 0 Å². The first kappa shape index (κ1) is 27.0. The molecule has 9 heteroatoms. The summed E-state index contributed by atoms with van der Waals surface area (Å²) in [5.74, 6) is -1.51. The number of hydrogen-bond donors (Lipinski definition) is 2. The first-order valence-electron chi connectivity index (χ1n) is 12.6. The summed E-state index contributed by atoms with van der Waals surface area (Å²) in [6.45, 7) is 6.03. The minimum absolute atomic E-state index is 0.0687. The summed E-state index contributed by atoms with van der Waals surface area (Å²) < 4.78 is 0. The van der Waals surface area contributed by atoms with Crippen molar-refractivity contribution in [3.8, 4) is 0 Å². The first-order valence-corrected chi connectivity index (χ1v) is 12.6. The number of hydrogen-bond acceptors (Lipinski definition) is 7. The zero-order chi connectivity index (χ0) is 27.4. The topological polar surface area (TPSA) is 116 Å². The molecule has 1 fully saturated rings. The van der Waals surface area contributed by atoms with Gasteiger partial charge in [0.1, 0.15) is 6.04 Å². The minimum Gasteiger partial charge on any atom is -0.387 e. The number of aliphatic hydroxyl groups is 1. The largest absolute Gasteiger partial charge is 0.387 e. The Bertz CT molecular complexity index is 1280.